The van der Waals surface area contributed by atoms with Gasteiger partial charge >= 0.3 is 0 Å². The number of nitrogens with zero attached hydrogens (tertiary/aromatic N) is 10. The van der Waals surface area contributed by atoms with Crippen LogP contribution >= 0.6 is 11.6 Å². The molecule has 404 valence electrons. The maximum Gasteiger partial charge on any atom is 0.158 e. The monoisotopic (exact) mass is 1070 g/mol. The first-order valence-corrected chi connectivity index (χ1v) is 25.9. The summed E-state index contributed by atoms with van der Waals surface area (Å²) in [4.78, 5) is 25.6. The number of methoxy groups -OCH3 is 4. The minimum Gasteiger partial charge on any atom is -0.496 e. The van der Waals surface area contributed by atoms with Gasteiger partial charge in [-0.05, 0) is 83.7 Å². The highest BCUT2D eigenvalue weighted by Crippen LogP contribution is 2.44. The summed E-state index contributed by atoms with van der Waals surface area (Å²) >= 11 is 6.49. The summed E-state index contributed by atoms with van der Waals surface area (Å²) in [6.45, 7) is 10.1. The van der Waals surface area contributed by atoms with Gasteiger partial charge in [-0.1, -0.05) is 21.9 Å². The molecule has 0 aliphatic heterocycles. The molecule has 2 aliphatic carbocycles. The Hall–Kier alpha value is -7.43. The number of ether oxygens (including phenoxy) is 6. The predicted molar refractivity (Wildman–Crippen MR) is 291 cm³/mol. The molecule has 8 aromatic heterocycles. The number of aromatic nitrogens is 12. The Balaban J connectivity index is 0.000000151. The first-order valence-electron chi connectivity index (χ1n) is 25.5. The van der Waals surface area contributed by atoms with Crippen LogP contribution in [-0.2, 0) is 52.7 Å². The number of benzene rings is 2. The number of H-pyrrole nitrogens is 2. The summed E-state index contributed by atoms with van der Waals surface area (Å²) in [6, 6.07) is 12.2. The van der Waals surface area contributed by atoms with Crippen molar-refractivity contribution in [3.8, 4) is 33.8 Å². The van der Waals surface area contributed by atoms with Gasteiger partial charge in [0.1, 0.15) is 58.5 Å². The lowest BCUT2D eigenvalue weighted by Crippen LogP contribution is -2.08. The van der Waals surface area contributed by atoms with E-state index in [1.54, 1.807) is 33.1 Å². The van der Waals surface area contributed by atoms with Crippen LogP contribution in [0.1, 0.15) is 94.9 Å². The Kier molecular flexibility index (Phi) is 15.6. The van der Waals surface area contributed by atoms with Crippen molar-refractivity contribution < 1.29 is 37.5 Å². The molecule has 0 saturated heterocycles. The van der Waals surface area contributed by atoms with Gasteiger partial charge in [-0.25, -0.2) is 19.9 Å². The lowest BCUT2D eigenvalue weighted by atomic mass is 10.00. The fourth-order valence-corrected chi connectivity index (χ4v) is 9.92. The van der Waals surface area contributed by atoms with Gasteiger partial charge in [-0.2, -0.15) is 10.2 Å². The van der Waals surface area contributed by atoms with E-state index in [1.807, 2.05) is 64.7 Å². The molecule has 0 atom stereocenters. The molecule has 2 saturated carbocycles. The van der Waals surface area contributed by atoms with Gasteiger partial charge in [0, 0.05) is 96.7 Å². The van der Waals surface area contributed by atoms with E-state index >= 15 is 0 Å². The Morgan fingerprint density at radius 3 is 1.58 bits per heavy atom. The molecule has 4 N–H and O–H groups in total. The van der Waals surface area contributed by atoms with Crippen molar-refractivity contribution in [3.05, 3.63) is 98.9 Å². The fraction of sp³-hybridized carbons (Fsp3) is 0.418. The maximum absolute atomic E-state index is 6.49. The fourth-order valence-electron chi connectivity index (χ4n) is 9.63. The van der Waals surface area contributed by atoms with Gasteiger partial charge < -0.3 is 53.2 Å². The number of aromatic amines is 2. The van der Waals surface area contributed by atoms with Gasteiger partial charge in [-0.15, -0.1) is 0 Å². The van der Waals surface area contributed by atoms with Crippen LogP contribution in [0.15, 0.2) is 45.4 Å². The van der Waals surface area contributed by atoms with E-state index in [2.05, 4.69) is 53.5 Å². The summed E-state index contributed by atoms with van der Waals surface area (Å²) in [5, 5.41) is 21.2. The summed E-state index contributed by atoms with van der Waals surface area (Å²) in [5.74, 6) is 6.09. The summed E-state index contributed by atoms with van der Waals surface area (Å²) in [7, 11) is 10.5. The summed E-state index contributed by atoms with van der Waals surface area (Å²) < 4.78 is 47.3. The number of nitrogen functional groups attached to an aromatic ring is 1. The lowest BCUT2D eigenvalue weighted by Gasteiger charge is -2.10. The van der Waals surface area contributed by atoms with Gasteiger partial charge in [0.2, 0.25) is 0 Å². The van der Waals surface area contributed by atoms with Gasteiger partial charge in [-0.3, -0.25) is 9.36 Å². The molecule has 0 unspecified atom stereocenters. The van der Waals surface area contributed by atoms with Crippen molar-refractivity contribution >= 4 is 61.3 Å². The minimum absolute atomic E-state index is 0.252. The average molecular weight is 1070 g/mol. The first-order chi connectivity index (χ1) is 37.3. The van der Waals surface area contributed by atoms with E-state index < -0.39 is 0 Å². The predicted octanol–water partition coefficient (Wildman–Crippen LogP) is 9.84. The van der Waals surface area contributed by atoms with E-state index in [9.17, 15) is 0 Å². The van der Waals surface area contributed by atoms with Crippen LogP contribution in [0.5, 0.6) is 11.5 Å². The van der Waals surface area contributed by atoms with Crippen LogP contribution in [0.25, 0.3) is 66.1 Å². The minimum atomic E-state index is 0.252. The molecule has 22 heteroatoms. The van der Waals surface area contributed by atoms with Crippen LogP contribution in [0.3, 0.4) is 0 Å². The number of fused-ring (bicyclic) bond motifs is 6. The van der Waals surface area contributed by atoms with Gasteiger partial charge in [0.15, 0.2) is 11.6 Å². The average Bonchev–Trinajstić information content (AvgIpc) is 4.31. The molecule has 0 amide bonds. The molecular weight excluding hydrogens is 1010 g/mol. The Labute approximate surface area is 449 Å². The van der Waals surface area contributed by atoms with Crippen LogP contribution < -0.4 is 15.2 Å². The number of halogens is 1. The number of hydrogen-bond acceptors (Lipinski definition) is 17. The number of anilines is 1. The molecule has 0 spiro atoms. The highest BCUT2D eigenvalue weighted by Gasteiger charge is 2.29. The van der Waals surface area contributed by atoms with Gasteiger partial charge in [0.05, 0.1) is 85.6 Å². The van der Waals surface area contributed by atoms with E-state index in [-0.39, 0.29) is 6.61 Å². The molecule has 10 aromatic rings. The van der Waals surface area contributed by atoms with Crippen LogP contribution in [0, 0.1) is 27.7 Å². The maximum atomic E-state index is 6.49. The molecule has 0 bridgehead atoms. The quantitative estimate of drug-likeness (QED) is 0.0534. The number of aryl methyl sites for hydroxylation is 6. The molecule has 77 heavy (non-hydrogen) atoms. The van der Waals surface area contributed by atoms with E-state index in [4.69, 9.17) is 69.9 Å². The third-order valence-electron chi connectivity index (χ3n) is 13.9. The largest absolute Gasteiger partial charge is 0.496 e. The van der Waals surface area contributed by atoms with Crippen molar-refractivity contribution in [1.82, 2.24) is 59.8 Å². The second kappa shape index (κ2) is 22.6. The van der Waals surface area contributed by atoms with Gasteiger partial charge in [0.25, 0.3) is 0 Å². The molecule has 0 radical (unpaired) electrons. The highest BCUT2D eigenvalue weighted by molar-refractivity contribution is 6.36. The van der Waals surface area contributed by atoms with Crippen LogP contribution in [0.2, 0.25) is 5.15 Å². The molecule has 2 fully saturated rings. The first kappa shape index (κ1) is 53.0. The standard InChI is InChI=1S/C28H32N6O4.C20H21ClN4O4.C7H11N3/c1-15-26(16(2)38-33-15)20-12-22-19(13-24(20)36-5)27-23(11-18-10-21(17-6-7-17)32-34(18)3)29-25(31-28(27)30-22)14-37-9-8-35-4;1-10-17(11(2)29-25-10)13-7-14-12(8-15(13)27-4)18-19(21)23-16(24-20(18)22-14)9-28-6-5-26-3;1-10-7(8)4-6(9-10)5-2-3-5/h10,12-13,17H,6-9,11,14H2,1-5H3,(H,29,30,31);7-8H,5-6,9H2,1-4H3,(H,22,23,24);4-5H,2-3,8H2,1H3. The second-order valence-corrected chi connectivity index (χ2v) is 19.8. The smallest absolute Gasteiger partial charge is 0.158 e. The zero-order chi connectivity index (χ0) is 54.1. The molecule has 2 aliphatic rings. The van der Waals surface area contributed by atoms with E-state index in [0.717, 1.165) is 106 Å². The van der Waals surface area contributed by atoms with Crippen LogP contribution in [0.4, 0.5) is 5.82 Å². The number of nitrogens with two attached hydrogens (primary N) is 1. The Morgan fingerprint density at radius 1 is 0.623 bits per heavy atom. The van der Waals surface area contributed by atoms with E-state index in [0.29, 0.717) is 79.5 Å². The number of nitrogens with one attached hydrogen (secondary N) is 2. The van der Waals surface area contributed by atoms with Crippen molar-refractivity contribution in [1.29, 1.82) is 0 Å². The second-order valence-electron chi connectivity index (χ2n) is 19.4. The normalized spacial score (nSPS) is 13.4. The third kappa shape index (κ3) is 11.2. The Bertz CT molecular complexity index is 3670. The highest BCUT2D eigenvalue weighted by atomic mass is 35.5. The summed E-state index contributed by atoms with van der Waals surface area (Å²) in [6.07, 6.45) is 5.63. The van der Waals surface area contributed by atoms with Crippen molar-refractivity contribution in [2.45, 2.75) is 84.8 Å². The molecular formula is C55H64ClN13O8. The molecule has 8 heterocycles. The zero-order valence-corrected chi connectivity index (χ0v) is 45.8. The zero-order valence-electron chi connectivity index (χ0n) is 45.1. The number of hydrogen-bond donors (Lipinski definition) is 3. The third-order valence-corrected chi connectivity index (χ3v) is 14.1. The van der Waals surface area contributed by atoms with E-state index in [1.165, 1.54) is 37.1 Å². The summed E-state index contributed by atoms with van der Waals surface area (Å²) in [5.41, 5.74) is 18.4. The topological polar surface area (TPSA) is 252 Å². The van der Waals surface area contributed by atoms with Crippen molar-refractivity contribution in [3.63, 3.8) is 0 Å². The molecule has 2 aromatic carbocycles. The number of rotatable bonds is 18. The lowest BCUT2D eigenvalue weighted by molar-refractivity contribution is 0.0586. The van der Waals surface area contributed by atoms with Crippen molar-refractivity contribution in [2.24, 2.45) is 14.1 Å². The van der Waals surface area contributed by atoms with Crippen LogP contribution in [-0.4, -0.2) is 115 Å². The molecule has 21 nitrogen and oxygen atoms in total. The molecule has 12 rings (SSSR count). The van der Waals surface area contributed by atoms with Crippen molar-refractivity contribution in [2.75, 3.05) is 60.6 Å². The SMILES string of the molecule is COCCOCc1nc(Cc2cc(C3CC3)nn2C)c2c(n1)[nH]c1cc(-c3c(C)noc3C)c(OC)cc12.COCCOCc1nc(Cl)c2c(n1)[nH]c1cc(-c3c(C)noc3C)c(OC)cc12.Cn1nc(C2CC2)cc1N. The Morgan fingerprint density at radius 2 is 1.12 bits per heavy atom.